The van der Waals surface area contributed by atoms with Crippen LogP contribution >= 0.6 is 11.8 Å². The van der Waals surface area contributed by atoms with Crippen LogP contribution in [0.1, 0.15) is 29.5 Å². The molecule has 0 radical (unpaired) electrons. The average molecular weight is 426 g/mol. The zero-order chi connectivity index (χ0) is 21.6. The van der Waals surface area contributed by atoms with Crippen LogP contribution < -0.4 is 0 Å². The molecule has 3 aliphatic rings. The molecular weight excluding hydrogens is 401 g/mol. The number of ether oxygens (including phenoxy) is 1. The molecule has 4 nitrogen and oxygen atoms in total. The molecule has 2 aromatic rings. The number of likely N-dealkylation sites (tertiary alicyclic amines) is 1. The Labute approximate surface area is 190 Å². The van der Waals surface area contributed by atoms with Crippen LogP contribution in [0.25, 0.3) is 5.57 Å². The van der Waals surface area contributed by atoms with Crippen molar-refractivity contribution in [1.29, 1.82) is 0 Å². The lowest BCUT2D eigenvalue weighted by Gasteiger charge is -2.39. The maximum atomic E-state index is 13.0. The molecule has 1 spiro atoms. The summed E-state index contributed by atoms with van der Waals surface area (Å²) in [5.41, 5.74) is 4.63. The van der Waals surface area contributed by atoms with E-state index in [0.717, 1.165) is 47.1 Å². The van der Waals surface area contributed by atoms with Gasteiger partial charge in [-0.2, -0.15) is 4.99 Å². The Morgan fingerprint density at radius 2 is 1.71 bits per heavy atom. The summed E-state index contributed by atoms with van der Waals surface area (Å²) >= 11 is 1.54. The zero-order valence-corrected chi connectivity index (χ0v) is 19.2. The van der Waals surface area contributed by atoms with Crippen LogP contribution in [-0.2, 0) is 21.7 Å². The highest BCUT2D eigenvalue weighted by atomic mass is 32.2. The van der Waals surface area contributed by atoms with Gasteiger partial charge in [0.2, 0.25) is 0 Å². The van der Waals surface area contributed by atoms with Crippen molar-refractivity contribution in [3.8, 4) is 0 Å². The second kappa shape index (κ2) is 7.75. The van der Waals surface area contributed by atoms with Crippen molar-refractivity contribution in [2.24, 2.45) is 4.99 Å². The minimum Gasteiger partial charge on any atom is -0.365 e. The van der Waals surface area contributed by atoms with E-state index in [2.05, 4.69) is 69.8 Å². The number of hydrogen-bond acceptors (Lipinski definition) is 4. The van der Waals surface area contributed by atoms with Crippen molar-refractivity contribution >= 4 is 51.9 Å². The van der Waals surface area contributed by atoms with Crippen LogP contribution in [0.15, 0.2) is 64.5 Å². The molecule has 3 aliphatic heterocycles. The molecule has 0 bridgehead atoms. The SMILES string of the molecule is BC(B)(B)/C(=C1/SC(N2CCC3(CC2)OCc2ccccc23)=NC1=O)c1ccccc1. The Kier molecular flexibility index (Phi) is 5.18. The molecule has 8 heteroatoms. The van der Waals surface area contributed by atoms with Gasteiger partial charge < -0.3 is 9.64 Å². The van der Waals surface area contributed by atoms with Gasteiger partial charge in [0.25, 0.3) is 5.91 Å². The third-order valence-corrected chi connectivity index (χ3v) is 7.59. The van der Waals surface area contributed by atoms with E-state index in [-0.39, 0.29) is 16.6 Å². The van der Waals surface area contributed by atoms with Gasteiger partial charge in [-0.1, -0.05) is 59.7 Å². The number of nitrogens with zero attached hydrogens (tertiary/aromatic N) is 2. The number of benzene rings is 2. The number of piperidine rings is 1. The van der Waals surface area contributed by atoms with Gasteiger partial charge in [0, 0.05) is 13.1 Å². The molecule has 31 heavy (non-hydrogen) atoms. The molecule has 0 N–H and O–H groups in total. The van der Waals surface area contributed by atoms with Crippen molar-refractivity contribution in [2.75, 3.05) is 13.1 Å². The number of carbonyl (C=O) groups excluding carboxylic acids is 1. The molecule has 1 amide bonds. The van der Waals surface area contributed by atoms with E-state index in [0.29, 0.717) is 6.61 Å². The maximum Gasteiger partial charge on any atom is 0.286 e. The van der Waals surface area contributed by atoms with E-state index in [1.807, 2.05) is 18.2 Å². The van der Waals surface area contributed by atoms with E-state index in [1.54, 1.807) is 0 Å². The van der Waals surface area contributed by atoms with Gasteiger partial charge in [-0.3, -0.25) is 4.79 Å². The zero-order valence-electron chi connectivity index (χ0n) is 18.4. The fourth-order valence-corrected chi connectivity index (χ4v) is 6.24. The van der Waals surface area contributed by atoms with Gasteiger partial charge in [-0.05, 0) is 46.9 Å². The molecule has 0 aliphatic carbocycles. The van der Waals surface area contributed by atoms with Gasteiger partial charge in [0.05, 0.1) is 40.7 Å². The second-order valence-corrected chi connectivity index (χ2v) is 10.5. The topological polar surface area (TPSA) is 41.9 Å². The third-order valence-electron chi connectivity index (χ3n) is 6.48. The van der Waals surface area contributed by atoms with E-state index < -0.39 is 0 Å². The molecule has 2 aromatic carbocycles. The first-order valence-electron chi connectivity index (χ1n) is 11.0. The van der Waals surface area contributed by atoms with Crippen LogP contribution in [0.2, 0.25) is 5.11 Å². The normalized spacial score (nSPS) is 21.9. The minimum atomic E-state index is -0.180. The van der Waals surface area contributed by atoms with Crippen LogP contribution in [0.3, 0.4) is 0 Å². The summed E-state index contributed by atoms with van der Waals surface area (Å²) < 4.78 is 6.30. The first-order chi connectivity index (χ1) is 14.9. The summed E-state index contributed by atoms with van der Waals surface area (Å²) in [6, 6.07) is 18.8. The summed E-state index contributed by atoms with van der Waals surface area (Å²) in [4.78, 5) is 20.5. The number of rotatable bonds is 2. The number of fused-ring (bicyclic) bond motifs is 2. The lowest BCUT2D eigenvalue weighted by atomic mass is 9.39. The molecule has 0 unspecified atom stereocenters. The van der Waals surface area contributed by atoms with E-state index in [4.69, 9.17) is 4.74 Å². The van der Waals surface area contributed by atoms with E-state index in [9.17, 15) is 4.79 Å². The van der Waals surface area contributed by atoms with Crippen LogP contribution in [0.4, 0.5) is 0 Å². The largest absolute Gasteiger partial charge is 0.365 e. The Balaban J connectivity index is 1.38. The smallest absolute Gasteiger partial charge is 0.286 e. The Hall–Kier alpha value is -2.18. The molecule has 3 heterocycles. The minimum absolute atomic E-state index is 0.114. The number of amidine groups is 1. The van der Waals surface area contributed by atoms with Crippen LogP contribution in [0, 0.1) is 0 Å². The van der Waals surface area contributed by atoms with Crippen molar-refractivity contribution in [2.45, 2.75) is 30.2 Å². The number of amides is 1. The van der Waals surface area contributed by atoms with Crippen molar-refractivity contribution < 1.29 is 9.53 Å². The Bertz CT molecular complexity index is 1090. The molecule has 154 valence electrons. The van der Waals surface area contributed by atoms with Gasteiger partial charge in [-0.25, -0.2) is 0 Å². The van der Waals surface area contributed by atoms with Gasteiger partial charge in [0.1, 0.15) is 0 Å². The van der Waals surface area contributed by atoms with Crippen LogP contribution in [-0.4, -0.2) is 52.6 Å². The fourth-order valence-electron chi connectivity index (χ4n) is 4.96. The molecule has 0 saturated carbocycles. The summed E-state index contributed by atoms with van der Waals surface area (Å²) in [5, 5.41) is 0.677. The lowest BCUT2D eigenvalue weighted by Crippen LogP contribution is -2.44. The highest BCUT2D eigenvalue weighted by Gasteiger charge is 2.44. The number of thioether (sulfide) groups is 1. The lowest BCUT2D eigenvalue weighted by molar-refractivity contribution is -0.113. The monoisotopic (exact) mass is 426 g/mol. The number of allylic oxidation sites excluding steroid dienone is 1. The molecule has 0 aromatic heterocycles. The van der Waals surface area contributed by atoms with Crippen molar-refractivity contribution in [3.63, 3.8) is 0 Å². The van der Waals surface area contributed by atoms with Crippen molar-refractivity contribution in [1.82, 2.24) is 4.90 Å². The average Bonchev–Trinajstić information content (AvgIpc) is 3.30. The Morgan fingerprint density at radius 3 is 2.42 bits per heavy atom. The summed E-state index contributed by atoms with van der Waals surface area (Å²) in [6.45, 7) is 2.39. The third kappa shape index (κ3) is 3.70. The van der Waals surface area contributed by atoms with Gasteiger partial charge in [0.15, 0.2) is 5.17 Å². The van der Waals surface area contributed by atoms with Gasteiger partial charge >= 0.3 is 0 Å². The molecule has 5 rings (SSSR count). The molecular formula is C23H25B3N2O2S. The second-order valence-electron chi connectivity index (χ2n) is 9.55. The van der Waals surface area contributed by atoms with Crippen LogP contribution in [0.5, 0.6) is 0 Å². The number of carbonyl (C=O) groups is 1. The first-order valence-corrected chi connectivity index (χ1v) is 11.8. The predicted octanol–water partition coefficient (Wildman–Crippen LogP) is 1.52. The number of hydrogen-bond donors (Lipinski definition) is 0. The highest BCUT2D eigenvalue weighted by Crippen LogP contribution is 2.46. The number of aliphatic imine (C=N–C) groups is 1. The molecule has 1 saturated heterocycles. The van der Waals surface area contributed by atoms with Crippen molar-refractivity contribution in [3.05, 3.63) is 76.2 Å². The molecule has 1 fully saturated rings. The Morgan fingerprint density at radius 1 is 1.03 bits per heavy atom. The molecule has 0 atom stereocenters. The fraction of sp³-hybridized carbons (Fsp3) is 0.304. The summed E-state index contributed by atoms with van der Waals surface area (Å²) in [5.74, 6) is -0.114. The summed E-state index contributed by atoms with van der Waals surface area (Å²) in [7, 11) is 6.48. The van der Waals surface area contributed by atoms with E-state index >= 15 is 0 Å². The van der Waals surface area contributed by atoms with E-state index in [1.165, 1.54) is 22.9 Å². The summed E-state index contributed by atoms with van der Waals surface area (Å²) in [6.07, 6.45) is 1.84. The van der Waals surface area contributed by atoms with Gasteiger partial charge in [-0.15, -0.1) is 0 Å². The predicted molar refractivity (Wildman–Crippen MR) is 135 cm³/mol. The maximum absolute atomic E-state index is 13.0. The quantitative estimate of drug-likeness (QED) is 0.540. The standard InChI is InChI=1S/C23H25B3N2O2S/c24-23(25,26)18(15-6-2-1-3-7-15)19-20(29)27-21(31-19)28-12-10-22(11-13-28)17-9-5-4-8-16(17)14-30-22/h1-9H,10-14,24-26H2/b19-18+. The highest BCUT2D eigenvalue weighted by molar-refractivity contribution is 8.18. The first kappa shape index (κ1) is 20.7.